The van der Waals surface area contributed by atoms with Crippen molar-refractivity contribution < 1.29 is 0 Å². The van der Waals surface area contributed by atoms with Crippen molar-refractivity contribution in [2.24, 2.45) is 0 Å². The third kappa shape index (κ3) is 2.37. The standard InChI is InChI=1S/C13H12BrN3/c14-11-3-1-2-9(4-11)5-13-16-7-10-6-15-8-12(10)17-13/h1-4,7,15H,5-6,8H2. The molecule has 1 aromatic heterocycles. The minimum Gasteiger partial charge on any atom is -0.307 e. The Morgan fingerprint density at radius 3 is 3.12 bits per heavy atom. The molecule has 1 aliphatic heterocycles. The highest BCUT2D eigenvalue weighted by atomic mass is 79.9. The molecule has 86 valence electrons. The molecule has 2 aromatic rings. The van der Waals surface area contributed by atoms with Gasteiger partial charge in [-0.3, -0.25) is 0 Å². The molecule has 0 unspecified atom stereocenters. The molecule has 0 radical (unpaired) electrons. The monoisotopic (exact) mass is 289 g/mol. The van der Waals surface area contributed by atoms with Gasteiger partial charge in [-0.15, -0.1) is 0 Å². The summed E-state index contributed by atoms with van der Waals surface area (Å²) in [7, 11) is 0. The van der Waals surface area contributed by atoms with Gasteiger partial charge in [-0.2, -0.15) is 0 Å². The number of rotatable bonds is 2. The number of hydrogen-bond donors (Lipinski definition) is 1. The second kappa shape index (κ2) is 4.55. The minimum absolute atomic E-state index is 0.784. The highest BCUT2D eigenvalue weighted by Crippen LogP contribution is 2.16. The summed E-state index contributed by atoms with van der Waals surface area (Å²) in [5.74, 6) is 0.894. The smallest absolute Gasteiger partial charge is 0.132 e. The van der Waals surface area contributed by atoms with Crippen molar-refractivity contribution in [1.82, 2.24) is 15.3 Å². The van der Waals surface area contributed by atoms with E-state index in [4.69, 9.17) is 0 Å². The second-order valence-electron chi connectivity index (χ2n) is 4.17. The van der Waals surface area contributed by atoms with Gasteiger partial charge in [0.15, 0.2) is 0 Å². The predicted octanol–water partition coefficient (Wildman–Crippen LogP) is 2.43. The quantitative estimate of drug-likeness (QED) is 0.923. The van der Waals surface area contributed by atoms with Crippen LogP contribution in [0, 0.1) is 0 Å². The fourth-order valence-corrected chi connectivity index (χ4v) is 2.46. The van der Waals surface area contributed by atoms with E-state index < -0.39 is 0 Å². The molecule has 0 atom stereocenters. The number of nitrogens with one attached hydrogen (secondary N) is 1. The number of aromatic nitrogens is 2. The van der Waals surface area contributed by atoms with Crippen LogP contribution < -0.4 is 5.32 Å². The average molecular weight is 290 g/mol. The van der Waals surface area contributed by atoms with Crippen LogP contribution in [-0.4, -0.2) is 9.97 Å². The lowest BCUT2D eigenvalue weighted by Gasteiger charge is -2.03. The van der Waals surface area contributed by atoms with E-state index in [-0.39, 0.29) is 0 Å². The average Bonchev–Trinajstić information content (AvgIpc) is 2.76. The van der Waals surface area contributed by atoms with E-state index in [0.717, 1.165) is 35.5 Å². The van der Waals surface area contributed by atoms with Gasteiger partial charge in [-0.1, -0.05) is 28.1 Å². The molecule has 2 heterocycles. The Bertz CT molecular complexity index is 554. The zero-order chi connectivity index (χ0) is 11.7. The van der Waals surface area contributed by atoms with E-state index in [1.807, 2.05) is 18.3 Å². The van der Waals surface area contributed by atoms with Gasteiger partial charge in [0.25, 0.3) is 0 Å². The van der Waals surface area contributed by atoms with Crippen LogP contribution in [0.25, 0.3) is 0 Å². The summed E-state index contributed by atoms with van der Waals surface area (Å²) in [5, 5.41) is 3.28. The lowest BCUT2D eigenvalue weighted by molar-refractivity contribution is 0.756. The van der Waals surface area contributed by atoms with E-state index >= 15 is 0 Å². The Morgan fingerprint density at radius 1 is 1.29 bits per heavy atom. The first-order chi connectivity index (χ1) is 8.31. The summed E-state index contributed by atoms with van der Waals surface area (Å²) in [5.41, 5.74) is 3.60. The third-order valence-electron chi connectivity index (χ3n) is 2.86. The van der Waals surface area contributed by atoms with Crippen molar-refractivity contribution in [3.63, 3.8) is 0 Å². The first kappa shape index (κ1) is 10.9. The van der Waals surface area contributed by atoms with Crippen LogP contribution in [0.3, 0.4) is 0 Å². The molecule has 0 bridgehead atoms. The normalized spacial score (nSPS) is 13.7. The maximum atomic E-state index is 4.59. The van der Waals surface area contributed by atoms with Gasteiger partial charge in [0.05, 0.1) is 5.69 Å². The number of halogens is 1. The van der Waals surface area contributed by atoms with Crippen molar-refractivity contribution in [3.8, 4) is 0 Å². The molecule has 0 saturated carbocycles. The van der Waals surface area contributed by atoms with Crippen LogP contribution in [0.5, 0.6) is 0 Å². The van der Waals surface area contributed by atoms with Crippen LogP contribution in [0.15, 0.2) is 34.9 Å². The lowest BCUT2D eigenvalue weighted by atomic mass is 10.1. The summed E-state index contributed by atoms with van der Waals surface area (Å²) in [6, 6.07) is 8.26. The van der Waals surface area contributed by atoms with Gasteiger partial charge in [-0.05, 0) is 17.7 Å². The Kier molecular flexibility index (Phi) is 2.91. The van der Waals surface area contributed by atoms with Crippen LogP contribution in [0.4, 0.5) is 0 Å². The van der Waals surface area contributed by atoms with E-state index in [9.17, 15) is 0 Å². The molecule has 0 saturated heterocycles. The lowest BCUT2D eigenvalue weighted by Crippen LogP contribution is -2.02. The molecule has 0 fully saturated rings. The van der Waals surface area contributed by atoms with Gasteiger partial charge < -0.3 is 5.32 Å². The third-order valence-corrected chi connectivity index (χ3v) is 3.36. The van der Waals surface area contributed by atoms with Crippen LogP contribution >= 0.6 is 15.9 Å². The summed E-state index contributed by atoms with van der Waals surface area (Å²) in [6.45, 7) is 1.76. The summed E-state index contributed by atoms with van der Waals surface area (Å²) in [4.78, 5) is 9.00. The minimum atomic E-state index is 0.784. The van der Waals surface area contributed by atoms with Gasteiger partial charge in [0.2, 0.25) is 0 Å². The number of hydrogen-bond acceptors (Lipinski definition) is 3. The van der Waals surface area contributed by atoms with Crippen LogP contribution in [0.2, 0.25) is 0 Å². The van der Waals surface area contributed by atoms with Gasteiger partial charge in [0, 0.05) is 35.7 Å². The van der Waals surface area contributed by atoms with E-state index in [0.29, 0.717) is 0 Å². The van der Waals surface area contributed by atoms with Crippen molar-refractivity contribution in [3.05, 3.63) is 57.6 Å². The number of benzene rings is 1. The highest BCUT2D eigenvalue weighted by Gasteiger charge is 2.12. The van der Waals surface area contributed by atoms with E-state index in [1.54, 1.807) is 0 Å². The van der Waals surface area contributed by atoms with Gasteiger partial charge in [-0.25, -0.2) is 9.97 Å². The Hall–Kier alpha value is -1.26. The van der Waals surface area contributed by atoms with Crippen molar-refractivity contribution in [1.29, 1.82) is 0 Å². The first-order valence-electron chi connectivity index (χ1n) is 5.60. The molecule has 0 amide bonds. The predicted molar refractivity (Wildman–Crippen MR) is 69.5 cm³/mol. The SMILES string of the molecule is Brc1cccc(Cc2ncc3c(n2)CNC3)c1. The molecule has 3 rings (SSSR count). The van der Waals surface area contributed by atoms with Gasteiger partial charge >= 0.3 is 0 Å². The van der Waals surface area contributed by atoms with Crippen molar-refractivity contribution >= 4 is 15.9 Å². The fraction of sp³-hybridized carbons (Fsp3) is 0.231. The molecule has 17 heavy (non-hydrogen) atoms. The molecule has 4 heteroatoms. The molecule has 0 spiro atoms. The fourth-order valence-electron chi connectivity index (χ4n) is 2.01. The molecule has 3 nitrogen and oxygen atoms in total. The maximum Gasteiger partial charge on any atom is 0.132 e. The highest BCUT2D eigenvalue weighted by molar-refractivity contribution is 9.10. The van der Waals surface area contributed by atoms with E-state index in [2.05, 4.69) is 43.3 Å². The van der Waals surface area contributed by atoms with Crippen molar-refractivity contribution in [2.75, 3.05) is 0 Å². The largest absolute Gasteiger partial charge is 0.307 e. The van der Waals surface area contributed by atoms with Gasteiger partial charge in [0.1, 0.15) is 5.82 Å². The van der Waals surface area contributed by atoms with Crippen LogP contribution in [-0.2, 0) is 19.5 Å². The zero-order valence-electron chi connectivity index (χ0n) is 9.28. The molecular weight excluding hydrogens is 278 g/mol. The number of fused-ring (bicyclic) bond motifs is 1. The van der Waals surface area contributed by atoms with E-state index in [1.165, 1.54) is 11.1 Å². The number of nitrogens with zero attached hydrogens (tertiary/aromatic N) is 2. The zero-order valence-corrected chi connectivity index (χ0v) is 10.9. The maximum absolute atomic E-state index is 4.59. The van der Waals surface area contributed by atoms with Crippen LogP contribution in [0.1, 0.15) is 22.6 Å². The molecule has 0 aliphatic carbocycles. The summed E-state index contributed by atoms with van der Waals surface area (Å²) >= 11 is 3.47. The first-order valence-corrected chi connectivity index (χ1v) is 6.39. The molecule has 1 N–H and O–H groups in total. The Morgan fingerprint density at radius 2 is 2.24 bits per heavy atom. The molecule has 1 aromatic carbocycles. The van der Waals surface area contributed by atoms with Crippen molar-refractivity contribution in [2.45, 2.75) is 19.5 Å². The summed E-state index contributed by atoms with van der Waals surface area (Å²) in [6.07, 6.45) is 2.72. The topological polar surface area (TPSA) is 37.8 Å². The molecular formula is C13H12BrN3. The Labute approximate surface area is 108 Å². The summed E-state index contributed by atoms with van der Waals surface area (Å²) < 4.78 is 1.10. The Balaban J connectivity index is 1.86. The molecule has 1 aliphatic rings. The second-order valence-corrected chi connectivity index (χ2v) is 5.08.